The highest BCUT2D eigenvalue weighted by atomic mass is 35.5. The Kier molecular flexibility index (Phi) is 8.29. The van der Waals surface area contributed by atoms with Gasteiger partial charge in [-0.15, -0.1) is 11.3 Å². The maximum absolute atomic E-state index is 13.6. The van der Waals surface area contributed by atoms with Gasteiger partial charge in [0.2, 0.25) is 0 Å². The van der Waals surface area contributed by atoms with Crippen molar-refractivity contribution < 1.29 is 18.7 Å². The second kappa shape index (κ2) is 11.8. The number of esters is 1. The molecule has 35 heavy (non-hydrogen) atoms. The van der Waals surface area contributed by atoms with Crippen LogP contribution in [-0.4, -0.2) is 24.2 Å². The molecule has 0 fully saturated rings. The van der Waals surface area contributed by atoms with Crippen LogP contribution in [0.3, 0.4) is 0 Å². The number of ether oxygens (including phenoxy) is 2. The van der Waals surface area contributed by atoms with Crippen molar-refractivity contribution in [1.29, 1.82) is 0 Å². The molecular weight excluding hydrogens is 485 g/mol. The molecule has 1 aromatic heterocycles. The van der Waals surface area contributed by atoms with Crippen molar-refractivity contribution in [3.63, 3.8) is 0 Å². The van der Waals surface area contributed by atoms with Crippen molar-refractivity contribution in [2.75, 3.05) is 13.2 Å². The first-order valence-electron chi connectivity index (χ1n) is 11.1. The quantitative estimate of drug-likeness (QED) is 0.224. The summed E-state index contributed by atoms with van der Waals surface area (Å²) in [4.78, 5) is 17.2. The van der Waals surface area contributed by atoms with Crippen LogP contribution in [0.1, 0.15) is 22.9 Å². The average Bonchev–Trinajstić information content (AvgIpc) is 3.34. The van der Waals surface area contributed by atoms with E-state index in [1.54, 1.807) is 48.6 Å². The van der Waals surface area contributed by atoms with Gasteiger partial charge in [-0.2, -0.15) is 0 Å². The zero-order valence-corrected chi connectivity index (χ0v) is 20.6. The molecule has 0 unspecified atom stereocenters. The number of halogens is 2. The zero-order chi connectivity index (χ0) is 24.6. The predicted octanol–water partition coefficient (Wildman–Crippen LogP) is 7.22. The second-order valence-electron chi connectivity index (χ2n) is 7.58. The molecule has 4 rings (SSSR count). The van der Waals surface area contributed by atoms with Crippen LogP contribution in [0.5, 0.6) is 5.75 Å². The second-order valence-corrected chi connectivity index (χ2v) is 9.02. The monoisotopic (exact) mass is 507 g/mol. The fraction of sp³-hybridized carbons (Fsp3) is 0.143. The summed E-state index contributed by atoms with van der Waals surface area (Å²) < 4.78 is 24.5. The number of benzene rings is 3. The smallest absolute Gasteiger partial charge is 0.310 e. The number of hydrogen-bond acceptors (Lipinski definition) is 5. The van der Waals surface area contributed by atoms with Gasteiger partial charge in [-0.25, -0.2) is 9.37 Å². The summed E-state index contributed by atoms with van der Waals surface area (Å²) >= 11 is 7.94. The van der Waals surface area contributed by atoms with Crippen molar-refractivity contribution in [2.24, 2.45) is 0 Å². The van der Waals surface area contributed by atoms with Gasteiger partial charge >= 0.3 is 5.97 Å². The van der Waals surface area contributed by atoms with E-state index in [0.29, 0.717) is 17.4 Å². The Hall–Kier alpha value is -3.48. The molecule has 0 amide bonds. The van der Waals surface area contributed by atoms with Crippen molar-refractivity contribution in [3.8, 4) is 16.3 Å². The summed E-state index contributed by atoms with van der Waals surface area (Å²) in [5.41, 5.74) is 3.53. The van der Waals surface area contributed by atoms with E-state index in [0.717, 1.165) is 32.1 Å². The van der Waals surface area contributed by atoms with Crippen LogP contribution in [0.15, 0.2) is 85.1 Å². The first-order valence-corrected chi connectivity index (χ1v) is 12.3. The van der Waals surface area contributed by atoms with Crippen LogP contribution >= 0.6 is 22.9 Å². The topological polar surface area (TPSA) is 48.4 Å². The van der Waals surface area contributed by atoms with Crippen LogP contribution in [0, 0.1) is 5.82 Å². The molecule has 0 spiro atoms. The number of nitrogens with zero attached hydrogens (tertiary/aromatic N) is 1. The van der Waals surface area contributed by atoms with E-state index in [9.17, 15) is 9.18 Å². The van der Waals surface area contributed by atoms with Crippen LogP contribution in [0.2, 0.25) is 5.02 Å². The van der Waals surface area contributed by atoms with Gasteiger partial charge in [0.25, 0.3) is 0 Å². The van der Waals surface area contributed by atoms with E-state index >= 15 is 0 Å². The number of aromatic nitrogens is 1. The molecule has 0 bridgehead atoms. The third kappa shape index (κ3) is 6.56. The van der Waals surface area contributed by atoms with Gasteiger partial charge in [0.1, 0.15) is 23.2 Å². The van der Waals surface area contributed by atoms with Gasteiger partial charge < -0.3 is 9.47 Å². The lowest BCUT2D eigenvalue weighted by atomic mass is 10.0. The standard InChI is InChI=1S/C28H23ClFNO3S/c1-2-33-27(32)17-19-8-13-25(24(29)16-19)34-15-14-23(20-9-11-22(30)12-10-20)26-18-31-28(35-26)21-6-4-3-5-7-21/h3-14,16,18H,2,15,17H2,1H3/b23-14-. The van der Waals surface area contributed by atoms with Crippen LogP contribution in [0.25, 0.3) is 16.1 Å². The third-order valence-corrected chi connectivity index (χ3v) is 6.50. The van der Waals surface area contributed by atoms with Crippen molar-refractivity contribution in [2.45, 2.75) is 13.3 Å². The van der Waals surface area contributed by atoms with E-state index in [1.165, 1.54) is 12.1 Å². The van der Waals surface area contributed by atoms with E-state index in [-0.39, 0.29) is 24.8 Å². The van der Waals surface area contributed by atoms with Crippen LogP contribution < -0.4 is 4.74 Å². The summed E-state index contributed by atoms with van der Waals surface area (Å²) in [6.07, 6.45) is 3.90. The number of carbonyl (C=O) groups excluding carboxylic acids is 1. The first-order chi connectivity index (χ1) is 17.0. The Morgan fingerprint density at radius 1 is 1.09 bits per heavy atom. The lowest BCUT2D eigenvalue weighted by molar-refractivity contribution is -0.142. The zero-order valence-electron chi connectivity index (χ0n) is 19.0. The summed E-state index contributed by atoms with van der Waals surface area (Å²) in [6.45, 7) is 2.34. The minimum absolute atomic E-state index is 0.150. The molecule has 0 saturated carbocycles. The fourth-order valence-corrected chi connectivity index (χ4v) is 4.71. The molecule has 0 aliphatic carbocycles. The molecule has 7 heteroatoms. The van der Waals surface area contributed by atoms with E-state index in [4.69, 9.17) is 21.1 Å². The molecule has 0 aliphatic heterocycles. The van der Waals surface area contributed by atoms with Crippen molar-refractivity contribution in [3.05, 3.63) is 112 Å². The number of thiazole rings is 1. The SMILES string of the molecule is CCOC(=O)Cc1ccc(OC/C=C(/c2ccc(F)cc2)c2cnc(-c3ccccc3)s2)c(Cl)c1. The predicted molar refractivity (Wildman–Crippen MR) is 138 cm³/mol. The lowest BCUT2D eigenvalue weighted by Crippen LogP contribution is -2.07. The highest BCUT2D eigenvalue weighted by molar-refractivity contribution is 7.16. The average molecular weight is 508 g/mol. The maximum Gasteiger partial charge on any atom is 0.310 e. The number of hydrogen-bond donors (Lipinski definition) is 0. The highest BCUT2D eigenvalue weighted by Gasteiger charge is 2.12. The molecule has 4 nitrogen and oxygen atoms in total. The Labute approximate surface area is 212 Å². The maximum atomic E-state index is 13.6. The van der Waals surface area contributed by atoms with E-state index in [2.05, 4.69) is 4.98 Å². The minimum atomic E-state index is -0.302. The van der Waals surface area contributed by atoms with Gasteiger partial charge in [0.15, 0.2) is 0 Å². The Balaban J connectivity index is 1.54. The van der Waals surface area contributed by atoms with Gasteiger partial charge in [-0.05, 0) is 54.0 Å². The van der Waals surface area contributed by atoms with Gasteiger partial charge in [0.05, 0.1) is 22.9 Å². The van der Waals surface area contributed by atoms with Gasteiger partial charge in [-0.3, -0.25) is 4.79 Å². The lowest BCUT2D eigenvalue weighted by Gasteiger charge is -2.10. The minimum Gasteiger partial charge on any atom is -0.488 e. The Morgan fingerprint density at radius 3 is 2.57 bits per heavy atom. The van der Waals surface area contributed by atoms with E-state index in [1.807, 2.05) is 42.6 Å². The third-order valence-electron chi connectivity index (χ3n) is 5.12. The number of rotatable bonds is 9. The molecule has 4 aromatic rings. The molecule has 1 heterocycles. The molecule has 0 atom stereocenters. The van der Waals surface area contributed by atoms with E-state index < -0.39 is 0 Å². The molecule has 0 aliphatic rings. The molecule has 178 valence electrons. The Morgan fingerprint density at radius 2 is 1.86 bits per heavy atom. The van der Waals surface area contributed by atoms with Crippen LogP contribution in [0.4, 0.5) is 4.39 Å². The Bertz CT molecular complexity index is 1320. The van der Waals surface area contributed by atoms with Gasteiger partial charge in [0, 0.05) is 11.8 Å². The molecule has 0 N–H and O–H groups in total. The summed E-state index contributed by atoms with van der Waals surface area (Å²) in [7, 11) is 0. The largest absolute Gasteiger partial charge is 0.488 e. The molecule has 0 radical (unpaired) electrons. The van der Waals surface area contributed by atoms with Crippen molar-refractivity contribution >= 4 is 34.5 Å². The van der Waals surface area contributed by atoms with Crippen LogP contribution in [-0.2, 0) is 16.0 Å². The fourth-order valence-electron chi connectivity index (χ4n) is 3.47. The molecule has 3 aromatic carbocycles. The molecule has 0 saturated heterocycles. The molecular formula is C28H23ClFNO3S. The summed E-state index contributed by atoms with van der Waals surface area (Å²) in [5, 5.41) is 1.31. The van der Waals surface area contributed by atoms with Crippen molar-refractivity contribution in [1.82, 2.24) is 4.98 Å². The number of carbonyl (C=O) groups is 1. The summed E-state index contributed by atoms with van der Waals surface area (Å²) in [6, 6.07) is 21.5. The summed E-state index contributed by atoms with van der Waals surface area (Å²) in [5.74, 6) is -0.0971. The van der Waals surface area contributed by atoms with Gasteiger partial charge in [-0.1, -0.05) is 60.1 Å². The highest BCUT2D eigenvalue weighted by Crippen LogP contribution is 2.33. The first kappa shape index (κ1) is 24.6. The normalized spacial score (nSPS) is 11.3.